The molecular formula is C29H33N7O4Si. The fourth-order valence-electron chi connectivity index (χ4n) is 4.56. The normalized spacial score (nSPS) is 13.6. The Morgan fingerprint density at radius 3 is 2.73 bits per heavy atom. The van der Waals surface area contributed by atoms with E-state index in [1.165, 1.54) is 0 Å². The van der Waals surface area contributed by atoms with E-state index in [1.807, 2.05) is 29.0 Å². The quantitative estimate of drug-likeness (QED) is 0.217. The van der Waals surface area contributed by atoms with Crippen LogP contribution in [0.25, 0.3) is 33.1 Å². The van der Waals surface area contributed by atoms with Crippen LogP contribution in [0.5, 0.6) is 17.5 Å². The predicted octanol–water partition coefficient (Wildman–Crippen LogP) is 5.14. The Morgan fingerprint density at radius 2 is 1.88 bits per heavy atom. The Labute approximate surface area is 238 Å². The van der Waals surface area contributed by atoms with Crippen molar-refractivity contribution in [1.29, 1.82) is 0 Å². The van der Waals surface area contributed by atoms with E-state index in [4.69, 9.17) is 28.9 Å². The van der Waals surface area contributed by atoms with Crippen molar-refractivity contribution in [2.24, 2.45) is 0 Å². The summed E-state index contributed by atoms with van der Waals surface area (Å²) in [7, 11) is 0.556. The van der Waals surface area contributed by atoms with Crippen LogP contribution in [0.3, 0.4) is 0 Å². The first kappa shape index (κ1) is 26.9. The Kier molecular flexibility index (Phi) is 7.41. The van der Waals surface area contributed by atoms with E-state index in [9.17, 15) is 0 Å². The van der Waals surface area contributed by atoms with Crippen LogP contribution in [-0.4, -0.2) is 64.4 Å². The molecule has 212 valence electrons. The smallest absolute Gasteiger partial charge is 0.229 e. The Balaban J connectivity index is 1.49. The van der Waals surface area contributed by atoms with Gasteiger partial charge < -0.3 is 28.8 Å². The molecule has 0 atom stereocenters. The summed E-state index contributed by atoms with van der Waals surface area (Å²) in [6.45, 7) is 8.85. The van der Waals surface area contributed by atoms with Crippen LogP contribution in [0.1, 0.15) is 5.82 Å². The van der Waals surface area contributed by atoms with Crippen LogP contribution in [0.4, 0.5) is 5.95 Å². The fourth-order valence-corrected chi connectivity index (χ4v) is 5.31. The largest absolute Gasteiger partial charge is 0.488 e. The lowest BCUT2D eigenvalue weighted by Gasteiger charge is -2.15. The lowest BCUT2D eigenvalue weighted by molar-refractivity contribution is 0.0899. The Bertz CT molecular complexity index is 1700. The minimum Gasteiger partial charge on any atom is -0.488 e. The summed E-state index contributed by atoms with van der Waals surface area (Å²) >= 11 is 0. The lowest BCUT2D eigenvalue weighted by Crippen LogP contribution is -2.22. The number of hydrogen-bond donors (Lipinski definition) is 1. The van der Waals surface area contributed by atoms with Gasteiger partial charge in [-0.05, 0) is 29.8 Å². The molecule has 1 N–H and O–H groups in total. The first-order chi connectivity index (χ1) is 19.9. The average Bonchev–Trinajstić information content (AvgIpc) is 3.33. The molecule has 12 heteroatoms. The molecule has 5 bridgehead atoms. The zero-order valence-corrected chi connectivity index (χ0v) is 24.7. The molecule has 0 saturated heterocycles. The zero-order chi connectivity index (χ0) is 28.4. The van der Waals surface area contributed by atoms with Crippen molar-refractivity contribution in [3.8, 4) is 28.6 Å². The van der Waals surface area contributed by atoms with Gasteiger partial charge >= 0.3 is 0 Å². The maximum atomic E-state index is 6.29. The number of benzene rings is 1. The van der Waals surface area contributed by atoms with Crippen LogP contribution in [-0.2, 0) is 18.1 Å². The maximum absolute atomic E-state index is 6.29. The molecular weight excluding hydrogens is 538 g/mol. The molecule has 6 rings (SSSR count). The van der Waals surface area contributed by atoms with Crippen LogP contribution in [0.2, 0.25) is 25.7 Å². The van der Waals surface area contributed by atoms with Crippen molar-refractivity contribution in [3.63, 3.8) is 0 Å². The molecule has 5 aromatic rings. The molecule has 11 nitrogen and oxygen atoms in total. The van der Waals surface area contributed by atoms with Crippen molar-refractivity contribution >= 4 is 36.0 Å². The van der Waals surface area contributed by atoms with Crippen molar-refractivity contribution in [2.45, 2.75) is 39.0 Å². The van der Waals surface area contributed by atoms with Gasteiger partial charge in [-0.3, -0.25) is 4.98 Å². The van der Waals surface area contributed by atoms with Gasteiger partial charge in [0.15, 0.2) is 11.5 Å². The van der Waals surface area contributed by atoms with Crippen molar-refractivity contribution in [1.82, 2.24) is 29.5 Å². The third-order valence-electron chi connectivity index (χ3n) is 6.72. The molecule has 5 heterocycles. The molecule has 1 aromatic carbocycles. The van der Waals surface area contributed by atoms with Gasteiger partial charge in [0.1, 0.15) is 32.3 Å². The number of rotatable bonds is 6. The number of nitrogens with zero attached hydrogens (tertiary/aromatic N) is 6. The van der Waals surface area contributed by atoms with Gasteiger partial charge in [0.25, 0.3) is 0 Å². The molecule has 0 spiro atoms. The highest BCUT2D eigenvalue weighted by atomic mass is 28.3. The molecule has 4 aromatic heterocycles. The molecule has 0 aliphatic carbocycles. The van der Waals surface area contributed by atoms with Gasteiger partial charge in [-0.15, -0.1) is 0 Å². The van der Waals surface area contributed by atoms with Crippen LogP contribution in [0, 0.1) is 0 Å². The number of anilines is 1. The highest BCUT2D eigenvalue weighted by Crippen LogP contribution is 2.38. The van der Waals surface area contributed by atoms with E-state index in [-0.39, 0.29) is 6.61 Å². The minimum atomic E-state index is -1.23. The molecule has 1 aliphatic rings. The molecule has 0 saturated carbocycles. The monoisotopic (exact) mass is 571 g/mol. The first-order valence-electron chi connectivity index (χ1n) is 13.6. The summed E-state index contributed by atoms with van der Waals surface area (Å²) in [6, 6.07) is 10.9. The predicted molar refractivity (Wildman–Crippen MR) is 159 cm³/mol. The summed E-state index contributed by atoms with van der Waals surface area (Å²) in [6.07, 6.45) is 5.42. The van der Waals surface area contributed by atoms with Gasteiger partial charge in [0.2, 0.25) is 17.7 Å². The summed E-state index contributed by atoms with van der Waals surface area (Å²) in [4.78, 5) is 23.0. The average molecular weight is 572 g/mol. The third-order valence-corrected chi connectivity index (χ3v) is 8.42. The van der Waals surface area contributed by atoms with Crippen molar-refractivity contribution in [3.05, 3.63) is 54.7 Å². The standard InChI is InChI=1S/C29H33N7O4Si/c1-30-29-34-27-26-22(16-36(27)18-37-11-12-41(2,3)4)19-5-6-23-20(13-19)14-21(15-32-23)38-9-10-39-25-7-8-31-24(33-25)17-40-28(26)35-29/h5-8,13-16H,9-12,17-18H2,1-4H3,(H,30,34,35). The number of pyridine rings is 1. The summed E-state index contributed by atoms with van der Waals surface area (Å²) in [5, 5.41) is 4.78. The van der Waals surface area contributed by atoms with E-state index in [1.54, 1.807) is 25.5 Å². The van der Waals surface area contributed by atoms with Gasteiger partial charge in [0.05, 0.1) is 17.1 Å². The number of fused-ring (bicyclic) bond motifs is 5. The number of nitrogens with one attached hydrogen (secondary N) is 1. The van der Waals surface area contributed by atoms with Crippen LogP contribution in [0.15, 0.2) is 48.9 Å². The second kappa shape index (κ2) is 11.3. The Morgan fingerprint density at radius 1 is 1.00 bits per heavy atom. The number of ether oxygens (including phenoxy) is 4. The number of hydrogen-bond acceptors (Lipinski definition) is 10. The van der Waals surface area contributed by atoms with Gasteiger partial charge in [-0.2, -0.15) is 15.0 Å². The molecule has 0 fully saturated rings. The lowest BCUT2D eigenvalue weighted by atomic mass is 10.0. The highest BCUT2D eigenvalue weighted by molar-refractivity contribution is 6.76. The van der Waals surface area contributed by atoms with E-state index < -0.39 is 8.07 Å². The molecule has 1 aliphatic heterocycles. The van der Waals surface area contributed by atoms with Crippen LogP contribution >= 0.6 is 0 Å². The van der Waals surface area contributed by atoms with Gasteiger partial charge in [-0.25, -0.2) is 4.98 Å². The first-order valence-corrected chi connectivity index (χ1v) is 17.3. The second-order valence-electron chi connectivity index (χ2n) is 11.0. The summed E-state index contributed by atoms with van der Waals surface area (Å²) < 4.78 is 26.2. The van der Waals surface area contributed by atoms with E-state index in [2.05, 4.69) is 46.0 Å². The molecule has 0 amide bonds. The second-order valence-corrected chi connectivity index (χ2v) is 16.7. The molecule has 41 heavy (non-hydrogen) atoms. The molecule has 0 unspecified atom stereocenters. The minimum absolute atomic E-state index is 0.101. The zero-order valence-electron chi connectivity index (χ0n) is 23.7. The van der Waals surface area contributed by atoms with Gasteiger partial charge in [0, 0.05) is 51.1 Å². The SMILES string of the molecule is CNc1nc2c3c(cn(COCC[Si](C)(C)C)c3n1)-c1ccc3ncc(cc3c1)OCCOc1ccnc(n1)CO2. The maximum Gasteiger partial charge on any atom is 0.229 e. The summed E-state index contributed by atoms with van der Waals surface area (Å²) in [5.74, 6) is 2.44. The fraction of sp³-hybridized carbons (Fsp3) is 0.345. The van der Waals surface area contributed by atoms with Crippen molar-refractivity contribution in [2.75, 3.05) is 32.2 Å². The van der Waals surface area contributed by atoms with Crippen molar-refractivity contribution < 1.29 is 18.9 Å². The third kappa shape index (κ3) is 6.08. The Hall–Kier alpha value is -4.29. The van der Waals surface area contributed by atoms with E-state index in [0.29, 0.717) is 61.5 Å². The van der Waals surface area contributed by atoms with E-state index in [0.717, 1.165) is 33.5 Å². The van der Waals surface area contributed by atoms with E-state index >= 15 is 0 Å². The highest BCUT2D eigenvalue weighted by Gasteiger charge is 2.21. The number of aromatic nitrogens is 6. The van der Waals surface area contributed by atoms with Crippen LogP contribution < -0.4 is 19.5 Å². The summed E-state index contributed by atoms with van der Waals surface area (Å²) in [5.41, 5.74) is 3.46. The van der Waals surface area contributed by atoms with Gasteiger partial charge in [-0.1, -0.05) is 25.7 Å². The topological polar surface area (TPSA) is 118 Å². The molecule has 0 radical (unpaired) electrons.